The lowest BCUT2D eigenvalue weighted by Gasteiger charge is -2.37. The van der Waals surface area contributed by atoms with Crippen LogP contribution in [-0.4, -0.2) is 61.3 Å². The fraction of sp³-hybridized carbons (Fsp3) is 0.381. The first-order chi connectivity index (χ1) is 13.5. The van der Waals surface area contributed by atoms with E-state index in [1.54, 1.807) is 12.1 Å². The van der Waals surface area contributed by atoms with Gasteiger partial charge in [0.2, 0.25) is 5.91 Å². The van der Waals surface area contributed by atoms with Gasteiger partial charge in [-0.15, -0.1) is 0 Å². The molecule has 0 saturated carbocycles. The van der Waals surface area contributed by atoms with Crippen molar-refractivity contribution in [2.24, 2.45) is 0 Å². The second-order valence-electron chi connectivity index (χ2n) is 6.88. The highest BCUT2D eigenvalue weighted by Gasteiger charge is 2.21. The molecule has 2 N–H and O–H groups in total. The van der Waals surface area contributed by atoms with Gasteiger partial charge in [0.1, 0.15) is 18.5 Å². The second kappa shape index (κ2) is 9.78. The standard InChI is InChI=1S/C21H26ClN3O3/c1-16(26)23-19-7-3-5-9-21(19)28-15-17(27)14-24-10-12-25(13-11-24)20-8-4-2-6-18(20)22/h2-9,17,27H,10-15H2,1H3,(H,23,26). The Hall–Kier alpha value is -2.28. The Morgan fingerprint density at radius 2 is 1.82 bits per heavy atom. The first kappa shape index (κ1) is 20.5. The largest absolute Gasteiger partial charge is 0.489 e. The van der Waals surface area contributed by atoms with Crippen molar-refractivity contribution in [3.8, 4) is 5.75 Å². The Kier molecular flexibility index (Phi) is 7.14. The maximum absolute atomic E-state index is 11.3. The Balaban J connectivity index is 1.46. The Morgan fingerprint density at radius 1 is 1.14 bits per heavy atom. The normalized spacial score (nSPS) is 15.9. The van der Waals surface area contributed by atoms with Crippen LogP contribution < -0.4 is 15.0 Å². The molecule has 1 aliphatic heterocycles. The van der Waals surface area contributed by atoms with E-state index in [1.807, 2.05) is 36.4 Å². The van der Waals surface area contributed by atoms with Crippen molar-refractivity contribution in [2.45, 2.75) is 13.0 Å². The summed E-state index contributed by atoms with van der Waals surface area (Å²) in [6.45, 7) is 5.59. The summed E-state index contributed by atoms with van der Waals surface area (Å²) in [6, 6.07) is 15.1. The number of amides is 1. The minimum Gasteiger partial charge on any atom is -0.489 e. The van der Waals surface area contributed by atoms with E-state index in [0.717, 1.165) is 36.9 Å². The van der Waals surface area contributed by atoms with E-state index in [9.17, 15) is 9.90 Å². The number of para-hydroxylation sites is 3. The van der Waals surface area contributed by atoms with Crippen LogP contribution in [0.15, 0.2) is 48.5 Å². The summed E-state index contributed by atoms with van der Waals surface area (Å²) in [7, 11) is 0. The number of hydrogen-bond donors (Lipinski definition) is 2. The van der Waals surface area contributed by atoms with Gasteiger partial charge in [0.05, 0.1) is 16.4 Å². The number of rotatable bonds is 7. The summed E-state index contributed by atoms with van der Waals surface area (Å²) in [4.78, 5) is 15.8. The maximum Gasteiger partial charge on any atom is 0.221 e. The number of hydrogen-bond acceptors (Lipinski definition) is 5. The van der Waals surface area contributed by atoms with Crippen molar-refractivity contribution < 1.29 is 14.6 Å². The fourth-order valence-corrected chi connectivity index (χ4v) is 3.56. The van der Waals surface area contributed by atoms with Crippen LogP contribution in [0.2, 0.25) is 5.02 Å². The molecule has 0 aliphatic carbocycles. The third-order valence-electron chi connectivity index (χ3n) is 4.66. The third kappa shape index (κ3) is 5.61. The summed E-state index contributed by atoms with van der Waals surface area (Å²) < 4.78 is 5.73. The van der Waals surface area contributed by atoms with Gasteiger partial charge >= 0.3 is 0 Å². The van der Waals surface area contributed by atoms with Crippen molar-refractivity contribution >= 4 is 28.9 Å². The molecule has 0 bridgehead atoms. The van der Waals surface area contributed by atoms with Crippen LogP contribution in [0.25, 0.3) is 0 Å². The number of halogens is 1. The lowest BCUT2D eigenvalue weighted by atomic mass is 10.2. The van der Waals surface area contributed by atoms with Gasteiger partial charge in [-0.3, -0.25) is 9.69 Å². The molecule has 0 spiro atoms. The zero-order valence-corrected chi connectivity index (χ0v) is 16.7. The van der Waals surface area contributed by atoms with E-state index < -0.39 is 6.10 Å². The molecule has 1 saturated heterocycles. The monoisotopic (exact) mass is 403 g/mol. The molecular formula is C21H26ClN3O3. The maximum atomic E-state index is 11.3. The number of β-amino-alcohol motifs (C(OH)–C–C–N with tert-alkyl or cyclic N) is 1. The third-order valence-corrected chi connectivity index (χ3v) is 4.98. The fourth-order valence-electron chi connectivity index (χ4n) is 3.30. The molecule has 1 fully saturated rings. The van der Waals surface area contributed by atoms with Gasteiger partial charge < -0.3 is 20.1 Å². The number of aliphatic hydroxyl groups is 1. The molecule has 150 valence electrons. The number of nitrogens with one attached hydrogen (secondary N) is 1. The molecule has 1 atom stereocenters. The van der Waals surface area contributed by atoms with Crippen LogP contribution in [0.5, 0.6) is 5.75 Å². The zero-order chi connectivity index (χ0) is 19.9. The summed E-state index contributed by atoms with van der Waals surface area (Å²) in [5, 5.41) is 13.9. The quantitative estimate of drug-likeness (QED) is 0.744. The highest BCUT2D eigenvalue weighted by molar-refractivity contribution is 6.33. The topological polar surface area (TPSA) is 65.0 Å². The molecule has 2 aromatic rings. The summed E-state index contributed by atoms with van der Waals surface area (Å²) in [5.41, 5.74) is 1.66. The molecule has 6 nitrogen and oxygen atoms in total. The smallest absolute Gasteiger partial charge is 0.221 e. The van der Waals surface area contributed by atoms with E-state index in [0.29, 0.717) is 18.0 Å². The van der Waals surface area contributed by atoms with E-state index >= 15 is 0 Å². The van der Waals surface area contributed by atoms with E-state index in [-0.39, 0.29) is 12.5 Å². The second-order valence-corrected chi connectivity index (χ2v) is 7.29. The number of anilines is 2. The van der Waals surface area contributed by atoms with Crippen LogP contribution in [0.4, 0.5) is 11.4 Å². The van der Waals surface area contributed by atoms with E-state index in [4.69, 9.17) is 16.3 Å². The SMILES string of the molecule is CC(=O)Nc1ccccc1OCC(O)CN1CCN(c2ccccc2Cl)CC1. The van der Waals surface area contributed by atoms with E-state index in [2.05, 4.69) is 15.1 Å². The van der Waals surface area contributed by atoms with Crippen molar-refractivity contribution in [3.05, 3.63) is 53.6 Å². The Bertz CT molecular complexity index is 794. The molecule has 0 aromatic heterocycles. The van der Waals surface area contributed by atoms with Gasteiger partial charge in [0.15, 0.2) is 0 Å². The molecule has 1 amide bonds. The van der Waals surface area contributed by atoms with Crippen molar-refractivity contribution in [1.29, 1.82) is 0 Å². The first-order valence-corrected chi connectivity index (χ1v) is 9.80. The zero-order valence-electron chi connectivity index (χ0n) is 16.0. The number of aliphatic hydroxyl groups excluding tert-OH is 1. The van der Waals surface area contributed by atoms with Gasteiger partial charge in [-0.05, 0) is 24.3 Å². The van der Waals surface area contributed by atoms with Crippen LogP contribution in [0, 0.1) is 0 Å². The van der Waals surface area contributed by atoms with E-state index in [1.165, 1.54) is 6.92 Å². The average molecular weight is 404 g/mol. The van der Waals surface area contributed by atoms with Crippen LogP contribution in [-0.2, 0) is 4.79 Å². The molecule has 0 radical (unpaired) electrons. The summed E-state index contributed by atoms with van der Waals surface area (Å²) in [6.07, 6.45) is -0.614. The van der Waals surface area contributed by atoms with Gasteiger partial charge in [0.25, 0.3) is 0 Å². The van der Waals surface area contributed by atoms with Crippen molar-refractivity contribution in [3.63, 3.8) is 0 Å². The molecule has 2 aromatic carbocycles. The minimum atomic E-state index is -0.614. The Morgan fingerprint density at radius 3 is 2.54 bits per heavy atom. The Labute approximate surface area is 170 Å². The number of ether oxygens (including phenoxy) is 1. The predicted molar refractivity (Wildman–Crippen MR) is 112 cm³/mol. The lowest BCUT2D eigenvalue weighted by molar-refractivity contribution is -0.114. The summed E-state index contributed by atoms with van der Waals surface area (Å²) >= 11 is 6.28. The molecule has 1 unspecified atom stereocenters. The van der Waals surface area contributed by atoms with Gasteiger partial charge in [-0.25, -0.2) is 0 Å². The number of carbonyl (C=O) groups is 1. The molecule has 7 heteroatoms. The van der Waals surface area contributed by atoms with Gasteiger partial charge in [-0.1, -0.05) is 35.9 Å². The summed E-state index contributed by atoms with van der Waals surface area (Å²) in [5.74, 6) is 0.397. The van der Waals surface area contributed by atoms with Crippen molar-refractivity contribution in [2.75, 3.05) is 49.5 Å². The predicted octanol–water partition coefficient (Wildman–Crippen LogP) is 2.86. The molecule has 1 aliphatic rings. The highest BCUT2D eigenvalue weighted by Crippen LogP contribution is 2.26. The van der Waals surface area contributed by atoms with Crippen LogP contribution in [0.3, 0.4) is 0 Å². The molecule has 3 rings (SSSR count). The highest BCUT2D eigenvalue weighted by atomic mass is 35.5. The lowest BCUT2D eigenvalue weighted by Crippen LogP contribution is -2.49. The van der Waals surface area contributed by atoms with Crippen LogP contribution in [0.1, 0.15) is 6.92 Å². The van der Waals surface area contributed by atoms with Crippen LogP contribution >= 0.6 is 11.6 Å². The number of piperazine rings is 1. The number of benzene rings is 2. The first-order valence-electron chi connectivity index (χ1n) is 9.42. The van der Waals surface area contributed by atoms with Gasteiger partial charge in [-0.2, -0.15) is 0 Å². The molecule has 28 heavy (non-hydrogen) atoms. The molecular weight excluding hydrogens is 378 g/mol. The van der Waals surface area contributed by atoms with Gasteiger partial charge in [0, 0.05) is 39.6 Å². The minimum absolute atomic E-state index is 0.159. The number of nitrogens with zero attached hydrogens (tertiary/aromatic N) is 2. The average Bonchev–Trinajstić information content (AvgIpc) is 2.68. The number of carbonyl (C=O) groups excluding carboxylic acids is 1. The molecule has 1 heterocycles. The van der Waals surface area contributed by atoms with Crippen molar-refractivity contribution in [1.82, 2.24) is 4.90 Å².